The number of nitrogens with zero attached hydrogens (tertiary/aromatic N) is 3. The van der Waals surface area contributed by atoms with Gasteiger partial charge in [-0.05, 0) is 17.5 Å². The molecule has 1 unspecified atom stereocenters. The van der Waals surface area contributed by atoms with Crippen LogP contribution in [-0.4, -0.2) is 19.9 Å². The second kappa shape index (κ2) is 5.81. The second-order valence-corrected chi connectivity index (χ2v) is 5.52. The normalized spacial score (nSPS) is 12.9. The van der Waals surface area contributed by atoms with Crippen molar-refractivity contribution in [1.82, 2.24) is 14.8 Å². The Kier molecular flexibility index (Phi) is 4.30. The number of rotatable bonds is 4. The van der Waals surface area contributed by atoms with Crippen LogP contribution >= 0.6 is 11.6 Å². The number of aryl methyl sites for hydroxylation is 1. The zero-order valence-corrected chi connectivity index (χ0v) is 12.6. The third kappa shape index (κ3) is 2.78. The number of aliphatic hydroxyl groups excluding tert-OH is 1. The van der Waals surface area contributed by atoms with E-state index in [0.717, 1.165) is 11.3 Å². The third-order valence-corrected chi connectivity index (χ3v) is 3.72. The van der Waals surface area contributed by atoms with Crippen molar-refractivity contribution in [1.29, 1.82) is 0 Å². The highest BCUT2D eigenvalue weighted by molar-refractivity contribution is 6.30. The van der Waals surface area contributed by atoms with Gasteiger partial charge in [-0.3, -0.25) is 9.67 Å². The fourth-order valence-corrected chi connectivity index (χ4v) is 2.45. The van der Waals surface area contributed by atoms with Crippen molar-refractivity contribution < 1.29 is 5.11 Å². The van der Waals surface area contributed by atoms with Gasteiger partial charge in [0.2, 0.25) is 0 Å². The van der Waals surface area contributed by atoms with E-state index in [9.17, 15) is 5.11 Å². The maximum absolute atomic E-state index is 10.5. The van der Waals surface area contributed by atoms with Crippen LogP contribution in [0.3, 0.4) is 0 Å². The van der Waals surface area contributed by atoms with E-state index in [1.807, 2.05) is 13.8 Å². The van der Waals surface area contributed by atoms with E-state index >= 15 is 0 Å². The molecule has 0 bridgehead atoms. The van der Waals surface area contributed by atoms with E-state index in [1.54, 1.807) is 30.2 Å². The summed E-state index contributed by atoms with van der Waals surface area (Å²) < 4.78 is 1.59. The first-order valence-electron chi connectivity index (χ1n) is 6.50. The van der Waals surface area contributed by atoms with Gasteiger partial charge in [-0.25, -0.2) is 0 Å². The van der Waals surface area contributed by atoms with Crippen molar-refractivity contribution in [2.24, 2.45) is 7.05 Å². The van der Waals surface area contributed by atoms with Gasteiger partial charge in [0.05, 0.1) is 11.8 Å². The lowest BCUT2D eigenvalue weighted by atomic mass is 9.98. The minimum atomic E-state index is -0.750. The van der Waals surface area contributed by atoms with Gasteiger partial charge in [0.25, 0.3) is 0 Å². The Morgan fingerprint density at radius 3 is 2.75 bits per heavy atom. The van der Waals surface area contributed by atoms with Crippen LogP contribution in [-0.2, 0) is 13.5 Å². The minimum absolute atomic E-state index is 0.185. The van der Waals surface area contributed by atoms with Crippen molar-refractivity contribution in [3.63, 3.8) is 0 Å². The third-order valence-electron chi connectivity index (χ3n) is 3.27. The first-order valence-corrected chi connectivity index (χ1v) is 6.88. The number of aliphatic hydroxyl groups is 1. The number of hydrogen-bond acceptors (Lipinski definition) is 4. The molecule has 0 radical (unpaired) electrons. The first kappa shape index (κ1) is 14.8. The smallest absolute Gasteiger partial charge is 0.132 e. The average Bonchev–Trinajstić information content (AvgIpc) is 2.69. The standard InChI is InChI=1S/C14H19ClN4O/c1-8(2)13-12(14(15)19(3)18-13)11(20)6-9-7-17-5-4-10(9)16/h4-5,7-8,11,20H,6H2,1-3H3,(H2,16,17). The summed E-state index contributed by atoms with van der Waals surface area (Å²) in [5.41, 5.74) is 8.79. The summed E-state index contributed by atoms with van der Waals surface area (Å²) in [6.07, 6.45) is 2.91. The highest BCUT2D eigenvalue weighted by atomic mass is 35.5. The molecular weight excluding hydrogens is 276 g/mol. The van der Waals surface area contributed by atoms with Gasteiger partial charge in [-0.2, -0.15) is 5.10 Å². The summed E-state index contributed by atoms with van der Waals surface area (Å²) in [4.78, 5) is 4.03. The molecule has 0 aliphatic carbocycles. The molecule has 0 aromatic carbocycles. The molecule has 1 atom stereocenters. The fraction of sp³-hybridized carbons (Fsp3) is 0.429. The number of nitrogens with two attached hydrogens (primary N) is 1. The highest BCUT2D eigenvalue weighted by Gasteiger charge is 2.24. The fourth-order valence-electron chi connectivity index (χ4n) is 2.19. The van der Waals surface area contributed by atoms with Crippen molar-refractivity contribution in [2.75, 3.05) is 5.73 Å². The molecule has 2 aromatic rings. The molecule has 108 valence electrons. The average molecular weight is 295 g/mol. The molecular formula is C14H19ClN4O. The number of anilines is 1. The summed E-state index contributed by atoms with van der Waals surface area (Å²) in [5.74, 6) is 0.185. The molecule has 20 heavy (non-hydrogen) atoms. The van der Waals surface area contributed by atoms with Crippen molar-refractivity contribution in [3.05, 3.63) is 40.4 Å². The SMILES string of the molecule is CC(C)c1nn(C)c(Cl)c1C(O)Cc1cnccc1N. The summed E-state index contributed by atoms with van der Waals surface area (Å²) in [6, 6.07) is 1.72. The van der Waals surface area contributed by atoms with E-state index in [2.05, 4.69) is 10.1 Å². The topological polar surface area (TPSA) is 77.0 Å². The lowest BCUT2D eigenvalue weighted by molar-refractivity contribution is 0.177. The molecule has 0 saturated heterocycles. The molecule has 0 spiro atoms. The van der Waals surface area contributed by atoms with E-state index in [4.69, 9.17) is 17.3 Å². The summed E-state index contributed by atoms with van der Waals surface area (Å²) in [5, 5.41) is 15.3. The quantitative estimate of drug-likeness (QED) is 0.908. The molecule has 0 fully saturated rings. The molecule has 0 aliphatic rings. The monoisotopic (exact) mass is 294 g/mol. The number of pyridine rings is 1. The Labute approximate surface area is 123 Å². The number of aromatic nitrogens is 3. The van der Waals surface area contributed by atoms with E-state index < -0.39 is 6.10 Å². The molecule has 2 heterocycles. The molecule has 0 amide bonds. The van der Waals surface area contributed by atoms with Crippen molar-refractivity contribution in [2.45, 2.75) is 32.3 Å². The molecule has 0 saturated carbocycles. The molecule has 0 aliphatic heterocycles. The minimum Gasteiger partial charge on any atom is -0.398 e. The van der Waals surface area contributed by atoms with Crippen molar-refractivity contribution in [3.8, 4) is 0 Å². The Hall–Kier alpha value is -1.59. The van der Waals surface area contributed by atoms with Crippen LogP contribution in [0.25, 0.3) is 0 Å². The maximum Gasteiger partial charge on any atom is 0.132 e. The Morgan fingerprint density at radius 2 is 2.15 bits per heavy atom. The van der Waals surface area contributed by atoms with Crippen LogP contribution in [0.15, 0.2) is 18.5 Å². The second-order valence-electron chi connectivity index (χ2n) is 5.16. The van der Waals surface area contributed by atoms with Crippen molar-refractivity contribution >= 4 is 17.3 Å². The maximum atomic E-state index is 10.5. The van der Waals surface area contributed by atoms with E-state index in [-0.39, 0.29) is 5.92 Å². The van der Waals surface area contributed by atoms with Crippen LogP contribution in [0.4, 0.5) is 5.69 Å². The van der Waals surface area contributed by atoms with Gasteiger partial charge in [0.15, 0.2) is 0 Å². The summed E-state index contributed by atoms with van der Waals surface area (Å²) in [7, 11) is 1.77. The van der Waals surface area contributed by atoms with Crippen LogP contribution in [0, 0.1) is 0 Å². The largest absolute Gasteiger partial charge is 0.398 e. The predicted octanol–water partition coefficient (Wildman–Crippen LogP) is 2.45. The van der Waals surface area contributed by atoms with E-state index in [0.29, 0.717) is 22.8 Å². The first-order chi connectivity index (χ1) is 9.41. The van der Waals surface area contributed by atoms with Crippen LogP contribution in [0.1, 0.15) is 42.7 Å². The lowest BCUT2D eigenvalue weighted by Crippen LogP contribution is -2.07. The summed E-state index contributed by atoms with van der Waals surface area (Å²) in [6.45, 7) is 4.04. The van der Waals surface area contributed by atoms with Gasteiger partial charge < -0.3 is 10.8 Å². The molecule has 2 rings (SSSR count). The van der Waals surface area contributed by atoms with Crippen LogP contribution < -0.4 is 5.73 Å². The number of hydrogen-bond donors (Lipinski definition) is 2. The zero-order chi connectivity index (χ0) is 14.9. The predicted molar refractivity (Wildman–Crippen MR) is 79.6 cm³/mol. The van der Waals surface area contributed by atoms with Gasteiger partial charge in [0, 0.05) is 37.1 Å². The van der Waals surface area contributed by atoms with Gasteiger partial charge in [-0.1, -0.05) is 25.4 Å². The Morgan fingerprint density at radius 1 is 1.45 bits per heavy atom. The Balaban J connectivity index is 2.34. The van der Waals surface area contributed by atoms with E-state index in [1.165, 1.54) is 0 Å². The number of halogens is 1. The van der Waals surface area contributed by atoms with Gasteiger partial charge >= 0.3 is 0 Å². The zero-order valence-electron chi connectivity index (χ0n) is 11.8. The van der Waals surface area contributed by atoms with Gasteiger partial charge in [0.1, 0.15) is 5.15 Å². The summed E-state index contributed by atoms with van der Waals surface area (Å²) >= 11 is 6.25. The molecule has 6 heteroatoms. The Bertz CT molecular complexity index is 609. The van der Waals surface area contributed by atoms with Crippen LogP contribution in [0.5, 0.6) is 0 Å². The molecule has 2 aromatic heterocycles. The van der Waals surface area contributed by atoms with Gasteiger partial charge in [-0.15, -0.1) is 0 Å². The molecule has 5 nitrogen and oxygen atoms in total. The highest BCUT2D eigenvalue weighted by Crippen LogP contribution is 2.33. The lowest BCUT2D eigenvalue weighted by Gasteiger charge is -2.14. The van der Waals surface area contributed by atoms with Crippen LogP contribution in [0.2, 0.25) is 5.15 Å². The number of nitrogen functional groups attached to an aromatic ring is 1. The molecule has 3 N–H and O–H groups in total.